The Bertz CT molecular complexity index is 619. The number of amidine groups is 1. The second kappa shape index (κ2) is 5.96. The molecule has 20 heavy (non-hydrogen) atoms. The monoisotopic (exact) mass is 274 g/mol. The standard InChI is InChI=1S/C13H15N5O2/c1-15-7-18(6-14)10-3-4-11(20-2)9-5-12(16-8-19)17-13(9)10/h3-4,6-8,14H,5H2,1-2H3,(H,16,17,19)/p+1. The van der Waals surface area contributed by atoms with Gasteiger partial charge >= 0.3 is 0 Å². The quantitative estimate of drug-likeness (QED) is 0.358. The zero-order valence-corrected chi connectivity index (χ0v) is 11.3. The number of carbonyl (C=O) groups excluding carboxylic acids is 1. The molecule has 0 saturated heterocycles. The van der Waals surface area contributed by atoms with Gasteiger partial charge in [0, 0.05) is 12.0 Å². The third-order valence-corrected chi connectivity index (χ3v) is 2.93. The van der Waals surface area contributed by atoms with E-state index in [2.05, 4.69) is 15.3 Å². The first-order valence-electron chi connectivity index (χ1n) is 5.98. The Balaban J connectivity index is 2.56. The fourth-order valence-corrected chi connectivity index (χ4v) is 2.10. The summed E-state index contributed by atoms with van der Waals surface area (Å²) in [4.78, 5) is 18.9. The van der Waals surface area contributed by atoms with E-state index in [1.165, 1.54) is 6.34 Å². The van der Waals surface area contributed by atoms with Crippen LogP contribution in [-0.2, 0) is 11.2 Å². The first kappa shape index (κ1) is 13.7. The molecule has 1 amide bonds. The lowest BCUT2D eigenvalue weighted by Gasteiger charge is -2.09. The number of amides is 1. The molecule has 3 N–H and O–H groups in total. The highest BCUT2D eigenvalue weighted by molar-refractivity contribution is 6.00. The molecule has 0 saturated carbocycles. The van der Waals surface area contributed by atoms with Crippen LogP contribution in [0.25, 0.3) is 0 Å². The number of nitrogens with two attached hydrogens (primary N) is 1. The van der Waals surface area contributed by atoms with Crippen LogP contribution in [0.3, 0.4) is 0 Å². The van der Waals surface area contributed by atoms with Gasteiger partial charge in [0.05, 0.1) is 14.2 Å². The van der Waals surface area contributed by atoms with Crippen LogP contribution in [0.2, 0.25) is 0 Å². The minimum absolute atomic E-state index is 0.507. The van der Waals surface area contributed by atoms with Crippen molar-refractivity contribution in [3.8, 4) is 5.75 Å². The van der Waals surface area contributed by atoms with Gasteiger partial charge in [0.25, 0.3) is 0 Å². The normalized spacial score (nSPS) is 14.1. The van der Waals surface area contributed by atoms with E-state index in [4.69, 9.17) is 10.5 Å². The van der Waals surface area contributed by atoms with Crippen LogP contribution in [0.1, 0.15) is 5.56 Å². The number of fused-ring (bicyclic) bond motifs is 1. The van der Waals surface area contributed by atoms with Crippen LogP contribution in [0.15, 0.2) is 22.1 Å². The molecule has 0 unspecified atom stereocenters. The third kappa shape index (κ3) is 2.37. The van der Waals surface area contributed by atoms with Gasteiger partial charge in [-0.05, 0) is 12.1 Å². The minimum atomic E-state index is 0.507. The van der Waals surface area contributed by atoms with Crippen molar-refractivity contribution >= 4 is 36.3 Å². The van der Waals surface area contributed by atoms with Gasteiger partial charge in [-0.15, -0.1) is 0 Å². The highest BCUT2D eigenvalue weighted by atomic mass is 16.5. The summed E-state index contributed by atoms with van der Waals surface area (Å²) in [6.07, 6.45) is 4.10. The average molecular weight is 274 g/mol. The predicted molar refractivity (Wildman–Crippen MR) is 77.6 cm³/mol. The van der Waals surface area contributed by atoms with E-state index in [9.17, 15) is 4.79 Å². The van der Waals surface area contributed by atoms with E-state index in [1.807, 2.05) is 12.1 Å². The van der Waals surface area contributed by atoms with Crippen molar-refractivity contribution in [2.75, 3.05) is 14.2 Å². The summed E-state index contributed by atoms with van der Waals surface area (Å²) in [5.74, 6) is 1.30. The Labute approximate surface area is 116 Å². The van der Waals surface area contributed by atoms with Gasteiger partial charge in [0.1, 0.15) is 23.0 Å². The number of aliphatic imine (C=N–C) groups is 2. The van der Waals surface area contributed by atoms with E-state index in [1.54, 1.807) is 25.1 Å². The summed E-state index contributed by atoms with van der Waals surface area (Å²) >= 11 is 0. The largest absolute Gasteiger partial charge is 0.496 e. The minimum Gasteiger partial charge on any atom is -0.496 e. The van der Waals surface area contributed by atoms with Crippen molar-refractivity contribution in [3.05, 3.63) is 17.7 Å². The lowest BCUT2D eigenvalue weighted by molar-refractivity contribution is -0.289. The Morgan fingerprint density at radius 3 is 2.95 bits per heavy atom. The number of benzene rings is 1. The summed E-state index contributed by atoms with van der Waals surface area (Å²) < 4.78 is 6.99. The van der Waals surface area contributed by atoms with E-state index in [-0.39, 0.29) is 0 Å². The van der Waals surface area contributed by atoms with E-state index >= 15 is 0 Å². The average Bonchev–Trinajstić information content (AvgIpc) is 2.88. The number of hydrogen-bond acceptors (Lipinski definition) is 4. The highest BCUT2D eigenvalue weighted by Crippen LogP contribution is 2.40. The van der Waals surface area contributed by atoms with Gasteiger partial charge in [-0.2, -0.15) is 4.99 Å². The van der Waals surface area contributed by atoms with Crippen LogP contribution >= 0.6 is 0 Å². The van der Waals surface area contributed by atoms with Crippen LogP contribution in [0.4, 0.5) is 11.4 Å². The number of nitrogens with zero attached hydrogens (tertiary/aromatic N) is 3. The maximum atomic E-state index is 10.6. The molecule has 1 heterocycles. The second-order valence-corrected chi connectivity index (χ2v) is 4.04. The molecule has 1 aliphatic rings. The van der Waals surface area contributed by atoms with E-state index < -0.39 is 0 Å². The van der Waals surface area contributed by atoms with Crippen LogP contribution < -0.4 is 15.8 Å². The molecule has 1 aromatic rings. The van der Waals surface area contributed by atoms with Crippen molar-refractivity contribution < 1.29 is 14.1 Å². The molecule has 0 aromatic heterocycles. The summed E-state index contributed by atoms with van der Waals surface area (Å²) in [5.41, 5.74) is 8.01. The van der Waals surface area contributed by atoms with Crippen molar-refractivity contribution in [3.63, 3.8) is 0 Å². The lowest BCUT2D eigenvalue weighted by atomic mass is 10.1. The molecule has 7 heteroatoms. The van der Waals surface area contributed by atoms with Gasteiger partial charge in [0.2, 0.25) is 12.7 Å². The molecule has 2 rings (SSSR count). The van der Waals surface area contributed by atoms with Crippen molar-refractivity contribution in [1.29, 1.82) is 0 Å². The Morgan fingerprint density at radius 1 is 1.55 bits per heavy atom. The molecule has 0 aliphatic carbocycles. The fraction of sp³-hybridized carbons (Fsp3) is 0.231. The molecule has 0 bridgehead atoms. The first-order valence-corrected chi connectivity index (χ1v) is 5.98. The maximum absolute atomic E-state index is 10.6. The zero-order chi connectivity index (χ0) is 14.5. The molecule has 7 nitrogen and oxygen atoms in total. The van der Waals surface area contributed by atoms with Crippen molar-refractivity contribution in [2.45, 2.75) is 6.42 Å². The molecule has 0 spiro atoms. The van der Waals surface area contributed by atoms with Crippen molar-refractivity contribution in [1.82, 2.24) is 5.32 Å². The van der Waals surface area contributed by atoms with Gasteiger partial charge in [-0.25, -0.2) is 9.57 Å². The summed E-state index contributed by atoms with van der Waals surface area (Å²) in [6.45, 7) is 0. The van der Waals surface area contributed by atoms with Gasteiger partial charge < -0.3 is 15.8 Å². The predicted octanol–water partition coefficient (Wildman–Crippen LogP) is 0.316. The molecule has 1 aromatic carbocycles. The van der Waals surface area contributed by atoms with E-state index in [0.29, 0.717) is 18.7 Å². The number of rotatable bonds is 4. The third-order valence-electron chi connectivity index (χ3n) is 2.93. The molecular weight excluding hydrogens is 258 g/mol. The van der Waals surface area contributed by atoms with Crippen molar-refractivity contribution in [2.24, 2.45) is 15.7 Å². The van der Waals surface area contributed by atoms with Gasteiger partial charge in [0.15, 0.2) is 6.34 Å². The molecule has 1 aliphatic heterocycles. The van der Waals surface area contributed by atoms with Gasteiger partial charge in [-0.1, -0.05) is 0 Å². The summed E-state index contributed by atoms with van der Waals surface area (Å²) in [5, 5.41) is 2.58. The Kier molecular flexibility index (Phi) is 4.09. The molecular formula is C13H16N5O2+. The topological polar surface area (TPSA) is 92.1 Å². The van der Waals surface area contributed by atoms with Crippen LogP contribution in [-0.4, -0.2) is 43.7 Å². The lowest BCUT2D eigenvalue weighted by Crippen LogP contribution is -2.21. The van der Waals surface area contributed by atoms with Crippen LogP contribution in [0, 0.1) is 0 Å². The number of methoxy groups -OCH3 is 1. The Morgan fingerprint density at radius 2 is 2.35 bits per heavy atom. The molecule has 0 fully saturated rings. The fourth-order valence-electron chi connectivity index (χ4n) is 2.10. The van der Waals surface area contributed by atoms with Gasteiger partial charge in [-0.3, -0.25) is 4.79 Å². The molecule has 0 radical (unpaired) electrons. The summed E-state index contributed by atoms with van der Waals surface area (Å²) in [6, 6.07) is 3.68. The number of carbonyl (C=O) groups is 1. The smallest absolute Gasteiger partial charge is 0.223 e. The first-order chi connectivity index (χ1) is 9.74. The highest BCUT2D eigenvalue weighted by Gasteiger charge is 2.24. The second-order valence-electron chi connectivity index (χ2n) is 4.04. The Hall–Kier alpha value is -2.70. The molecule has 0 atom stereocenters. The zero-order valence-electron chi connectivity index (χ0n) is 11.3. The maximum Gasteiger partial charge on any atom is 0.223 e. The van der Waals surface area contributed by atoms with Crippen LogP contribution in [0.5, 0.6) is 5.75 Å². The number of ether oxygens (including phenoxy) is 1. The SMILES string of the molecule is CN=C[N+](=CN)c1ccc(OC)c2c1N=C(NC=O)C2. The van der Waals surface area contributed by atoms with E-state index in [0.717, 1.165) is 22.7 Å². The number of nitrogens with one attached hydrogen (secondary N) is 1. The number of hydrogen-bond donors (Lipinski definition) is 2. The molecule has 104 valence electrons. The summed E-state index contributed by atoms with van der Waals surface area (Å²) in [7, 11) is 3.25.